The van der Waals surface area contributed by atoms with Crippen molar-refractivity contribution in [1.29, 1.82) is 0 Å². The summed E-state index contributed by atoms with van der Waals surface area (Å²) in [5.41, 5.74) is 0.880. The number of aromatic hydroxyl groups is 3. The molecule has 1 fully saturated rings. The van der Waals surface area contributed by atoms with E-state index in [2.05, 4.69) is 0 Å². The molecule has 0 atom stereocenters. The maximum atomic E-state index is 12.5. The molecule has 23 heavy (non-hydrogen) atoms. The molecule has 2 aromatic rings. The molecular weight excluding hydrogens is 334 g/mol. The normalized spacial score (nSPS) is 16.3. The quantitative estimate of drug-likeness (QED) is 0.573. The summed E-state index contributed by atoms with van der Waals surface area (Å²) < 4.78 is 0.338. The first kappa shape index (κ1) is 15.4. The Hall–Kier alpha value is -2.51. The van der Waals surface area contributed by atoms with Crippen LogP contribution in [-0.2, 0) is 4.79 Å². The van der Waals surface area contributed by atoms with Gasteiger partial charge in [0.1, 0.15) is 17.2 Å². The van der Waals surface area contributed by atoms with Crippen LogP contribution in [0, 0.1) is 0 Å². The molecule has 3 rings (SSSR count). The van der Waals surface area contributed by atoms with Crippen LogP contribution in [0.25, 0.3) is 6.08 Å². The maximum absolute atomic E-state index is 12.5. The first-order chi connectivity index (χ1) is 11.0. The van der Waals surface area contributed by atoms with E-state index in [9.17, 15) is 20.1 Å². The Morgan fingerprint density at radius 1 is 1.04 bits per heavy atom. The molecule has 1 saturated heterocycles. The first-order valence-corrected chi connectivity index (χ1v) is 7.77. The van der Waals surface area contributed by atoms with E-state index in [0.717, 1.165) is 11.8 Å². The van der Waals surface area contributed by atoms with Gasteiger partial charge in [-0.2, -0.15) is 0 Å². The lowest BCUT2D eigenvalue weighted by Crippen LogP contribution is -2.27. The largest absolute Gasteiger partial charge is 0.508 e. The smallest absolute Gasteiger partial charge is 0.270 e. The molecule has 0 aromatic heterocycles. The van der Waals surface area contributed by atoms with Crippen molar-refractivity contribution in [3.63, 3.8) is 0 Å². The van der Waals surface area contributed by atoms with E-state index < -0.39 is 0 Å². The molecule has 1 aliphatic heterocycles. The molecule has 0 unspecified atom stereocenters. The molecule has 0 aliphatic carbocycles. The average molecular weight is 345 g/mol. The summed E-state index contributed by atoms with van der Waals surface area (Å²) in [4.78, 5) is 14.2. The Balaban J connectivity index is 1.96. The predicted molar refractivity (Wildman–Crippen MR) is 93.5 cm³/mol. The van der Waals surface area contributed by atoms with Gasteiger partial charge in [-0.15, -0.1) is 0 Å². The number of amides is 1. The van der Waals surface area contributed by atoms with Gasteiger partial charge in [-0.1, -0.05) is 30.0 Å². The van der Waals surface area contributed by atoms with Crippen LogP contribution in [0.2, 0.25) is 0 Å². The number of rotatable bonds is 2. The Morgan fingerprint density at radius 3 is 2.48 bits per heavy atom. The average Bonchev–Trinajstić information content (AvgIpc) is 2.76. The number of phenols is 3. The van der Waals surface area contributed by atoms with E-state index in [1.807, 2.05) is 0 Å². The summed E-state index contributed by atoms with van der Waals surface area (Å²) >= 11 is 6.34. The minimum atomic E-state index is -0.335. The molecule has 3 N–H and O–H groups in total. The van der Waals surface area contributed by atoms with Crippen molar-refractivity contribution >= 4 is 46.0 Å². The number of hydrogen-bond acceptors (Lipinski definition) is 6. The van der Waals surface area contributed by atoms with Crippen LogP contribution < -0.4 is 4.90 Å². The van der Waals surface area contributed by atoms with Crippen molar-refractivity contribution in [3.8, 4) is 17.2 Å². The van der Waals surface area contributed by atoms with Crippen LogP contribution in [0.3, 0.4) is 0 Å². The number of carbonyl (C=O) groups excluding carboxylic acids is 1. The molecule has 1 aliphatic rings. The third kappa shape index (κ3) is 3.01. The fourth-order valence-electron chi connectivity index (χ4n) is 2.12. The fraction of sp³-hybridized carbons (Fsp3) is 0. The van der Waals surface area contributed by atoms with E-state index in [1.165, 1.54) is 41.3 Å². The van der Waals surface area contributed by atoms with Crippen molar-refractivity contribution in [3.05, 3.63) is 52.9 Å². The number of hydrogen-bond donors (Lipinski definition) is 3. The molecule has 5 nitrogen and oxygen atoms in total. The Morgan fingerprint density at radius 2 is 1.78 bits per heavy atom. The van der Waals surface area contributed by atoms with Gasteiger partial charge in [-0.25, -0.2) is 0 Å². The van der Waals surface area contributed by atoms with Crippen molar-refractivity contribution in [2.45, 2.75) is 0 Å². The molecule has 0 spiro atoms. The van der Waals surface area contributed by atoms with E-state index >= 15 is 0 Å². The lowest BCUT2D eigenvalue weighted by molar-refractivity contribution is -0.113. The second kappa shape index (κ2) is 5.94. The summed E-state index contributed by atoms with van der Waals surface area (Å²) in [5, 5.41) is 28.7. The van der Waals surface area contributed by atoms with E-state index in [0.29, 0.717) is 20.5 Å². The standard InChI is InChI=1S/C16H11NO4S2/c18-11-3-1-2-10(7-11)17-15(21)14(23-16(17)22)6-9-4-5-12(19)8-13(9)20/h1-8,18-20H/b14-6-. The van der Waals surface area contributed by atoms with Gasteiger partial charge in [0.25, 0.3) is 5.91 Å². The van der Waals surface area contributed by atoms with Crippen molar-refractivity contribution < 1.29 is 20.1 Å². The molecule has 1 heterocycles. The minimum absolute atomic E-state index is 0.0386. The van der Waals surface area contributed by atoms with Crippen LogP contribution in [0.15, 0.2) is 47.4 Å². The molecule has 2 aromatic carbocycles. The van der Waals surface area contributed by atoms with Crippen LogP contribution >= 0.6 is 24.0 Å². The number of thioether (sulfide) groups is 1. The van der Waals surface area contributed by atoms with Gasteiger partial charge in [-0.3, -0.25) is 9.69 Å². The molecule has 116 valence electrons. The monoisotopic (exact) mass is 345 g/mol. The summed E-state index contributed by atoms with van der Waals surface area (Å²) in [6, 6.07) is 10.4. The van der Waals surface area contributed by atoms with Crippen molar-refractivity contribution in [2.24, 2.45) is 0 Å². The zero-order valence-electron chi connectivity index (χ0n) is 11.6. The van der Waals surface area contributed by atoms with Gasteiger partial charge in [0.2, 0.25) is 0 Å². The molecule has 7 heteroatoms. The highest BCUT2D eigenvalue weighted by atomic mass is 32.2. The van der Waals surface area contributed by atoms with Crippen LogP contribution in [0.4, 0.5) is 5.69 Å². The second-order valence-corrected chi connectivity index (χ2v) is 6.46. The highest BCUT2D eigenvalue weighted by molar-refractivity contribution is 8.27. The minimum Gasteiger partial charge on any atom is -0.508 e. The summed E-state index contributed by atoms with van der Waals surface area (Å²) in [7, 11) is 0. The predicted octanol–water partition coefficient (Wildman–Crippen LogP) is 3.21. The maximum Gasteiger partial charge on any atom is 0.270 e. The molecule has 0 bridgehead atoms. The van der Waals surface area contributed by atoms with Gasteiger partial charge in [0.05, 0.1) is 10.6 Å². The number of carbonyl (C=O) groups is 1. The molecule has 0 saturated carbocycles. The first-order valence-electron chi connectivity index (χ1n) is 6.54. The Kier molecular flexibility index (Phi) is 3.97. The summed E-state index contributed by atoms with van der Waals surface area (Å²) in [5.74, 6) is -0.491. The fourth-order valence-corrected chi connectivity index (χ4v) is 3.41. The number of benzene rings is 2. The number of phenolic OH excluding ortho intramolecular Hbond substituents is 3. The highest BCUT2D eigenvalue weighted by Crippen LogP contribution is 2.38. The number of thiocarbonyl (C=S) groups is 1. The number of nitrogens with zero attached hydrogens (tertiary/aromatic N) is 1. The van der Waals surface area contributed by atoms with E-state index in [-0.39, 0.29) is 23.2 Å². The highest BCUT2D eigenvalue weighted by Gasteiger charge is 2.33. The van der Waals surface area contributed by atoms with E-state index in [1.54, 1.807) is 12.1 Å². The second-order valence-electron chi connectivity index (χ2n) is 4.78. The zero-order chi connectivity index (χ0) is 16.6. The van der Waals surface area contributed by atoms with E-state index in [4.69, 9.17) is 12.2 Å². The van der Waals surface area contributed by atoms with Gasteiger partial charge >= 0.3 is 0 Å². The number of anilines is 1. The van der Waals surface area contributed by atoms with Crippen LogP contribution in [-0.4, -0.2) is 25.5 Å². The summed E-state index contributed by atoms with van der Waals surface area (Å²) in [6.45, 7) is 0. The molecule has 0 radical (unpaired) electrons. The van der Waals surface area contributed by atoms with Gasteiger partial charge in [0, 0.05) is 17.7 Å². The lowest BCUT2D eigenvalue weighted by atomic mass is 10.1. The topological polar surface area (TPSA) is 81.0 Å². The Labute approximate surface area is 141 Å². The van der Waals surface area contributed by atoms with Gasteiger partial charge in [-0.05, 0) is 30.3 Å². The molecular formula is C16H11NO4S2. The van der Waals surface area contributed by atoms with Crippen LogP contribution in [0.1, 0.15) is 5.56 Å². The third-order valence-electron chi connectivity index (χ3n) is 3.18. The Bertz CT molecular complexity index is 848. The third-order valence-corrected chi connectivity index (χ3v) is 4.48. The SMILES string of the molecule is O=C1/C(=C/c2ccc(O)cc2O)SC(=S)N1c1cccc(O)c1. The van der Waals surface area contributed by atoms with Gasteiger partial charge in [0.15, 0.2) is 4.32 Å². The lowest BCUT2D eigenvalue weighted by Gasteiger charge is -2.14. The van der Waals surface area contributed by atoms with Crippen molar-refractivity contribution in [2.75, 3.05) is 4.90 Å². The zero-order valence-corrected chi connectivity index (χ0v) is 13.3. The molecule has 1 amide bonds. The van der Waals surface area contributed by atoms with Crippen molar-refractivity contribution in [1.82, 2.24) is 0 Å². The summed E-state index contributed by atoms with van der Waals surface area (Å²) in [6.07, 6.45) is 1.51. The van der Waals surface area contributed by atoms with Gasteiger partial charge < -0.3 is 15.3 Å². The van der Waals surface area contributed by atoms with Crippen LogP contribution in [0.5, 0.6) is 17.2 Å².